The summed E-state index contributed by atoms with van der Waals surface area (Å²) in [6.07, 6.45) is 2.95. The highest BCUT2D eigenvalue weighted by molar-refractivity contribution is 5.83. The maximum absolute atomic E-state index is 12.1. The summed E-state index contributed by atoms with van der Waals surface area (Å²) in [6.45, 7) is 3.10. The van der Waals surface area contributed by atoms with Gasteiger partial charge in [-0.15, -0.1) is 0 Å². The molecule has 0 amide bonds. The first-order valence-electron chi connectivity index (χ1n) is 6.78. The zero-order valence-corrected chi connectivity index (χ0v) is 10.8. The molecular weight excluding hydrogens is 224 g/mol. The summed E-state index contributed by atoms with van der Waals surface area (Å²) in [7, 11) is 0. The van der Waals surface area contributed by atoms with E-state index in [4.69, 9.17) is 5.73 Å². The van der Waals surface area contributed by atoms with E-state index in [1.165, 1.54) is 5.56 Å². The summed E-state index contributed by atoms with van der Waals surface area (Å²) in [6, 6.07) is 10.4. The molecule has 0 spiro atoms. The molecule has 98 valence electrons. The fraction of sp³-hybridized carbons (Fsp3) is 0.533. The van der Waals surface area contributed by atoms with Crippen LogP contribution in [0.3, 0.4) is 0 Å². The highest BCUT2D eigenvalue weighted by atomic mass is 16.1. The van der Waals surface area contributed by atoms with Crippen LogP contribution < -0.4 is 5.73 Å². The molecule has 1 aliphatic heterocycles. The van der Waals surface area contributed by atoms with Crippen molar-refractivity contribution in [2.75, 3.05) is 19.6 Å². The molecule has 1 atom stereocenters. The van der Waals surface area contributed by atoms with E-state index in [1.807, 2.05) is 18.2 Å². The van der Waals surface area contributed by atoms with E-state index >= 15 is 0 Å². The monoisotopic (exact) mass is 246 g/mol. The van der Waals surface area contributed by atoms with Crippen LogP contribution in [0.4, 0.5) is 0 Å². The van der Waals surface area contributed by atoms with Gasteiger partial charge in [0.1, 0.15) is 5.78 Å². The number of hydrogen-bond donors (Lipinski definition) is 1. The lowest BCUT2D eigenvalue weighted by molar-refractivity contribution is -0.123. The second-order valence-corrected chi connectivity index (χ2v) is 5.08. The van der Waals surface area contributed by atoms with Crippen LogP contribution >= 0.6 is 0 Å². The van der Waals surface area contributed by atoms with Crippen molar-refractivity contribution in [3.8, 4) is 0 Å². The maximum Gasteiger partial charge on any atom is 0.149 e. The highest BCUT2D eigenvalue weighted by Crippen LogP contribution is 2.18. The van der Waals surface area contributed by atoms with E-state index in [0.29, 0.717) is 18.9 Å². The van der Waals surface area contributed by atoms with E-state index in [1.54, 1.807) is 0 Å². The van der Waals surface area contributed by atoms with Crippen LogP contribution in [0, 0.1) is 5.92 Å². The predicted octanol–water partition coefficient (Wildman–Crippen LogP) is 1.82. The first-order valence-corrected chi connectivity index (χ1v) is 6.78. The molecule has 1 heterocycles. The summed E-state index contributed by atoms with van der Waals surface area (Å²) in [4.78, 5) is 14.4. The first kappa shape index (κ1) is 13.2. The quantitative estimate of drug-likeness (QED) is 0.881. The van der Waals surface area contributed by atoms with Crippen LogP contribution in [-0.4, -0.2) is 30.3 Å². The molecule has 1 aromatic carbocycles. The summed E-state index contributed by atoms with van der Waals surface area (Å²) in [5.74, 6) is 0.560. The molecule has 18 heavy (non-hydrogen) atoms. The van der Waals surface area contributed by atoms with Crippen LogP contribution in [0.5, 0.6) is 0 Å². The molecule has 1 saturated heterocycles. The van der Waals surface area contributed by atoms with Crippen molar-refractivity contribution in [3.05, 3.63) is 35.9 Å². The van der Waals surface area contributed by atoms with Crippen LogP contribution in [0.2, 0.25) is 0 Å². The number of carbonyl (C=O) groups excluding carboxylic acids is 1. The lowest BCUT2D eigenvalue weighted by Crippen LogP contribution is -2.30. The van der Waals surface area contributed by atoms with Gasteiger partial charge in [-0.2, -0.15) is 0 Å². The van der Waals surface area contributed by atoms with Gasteiger partial charge in [-0.05, 0) is 37.9 Å². The number of rotatable bonds is 4. The van der Waals surface area contributed by atoms with Gasteiger partial charge in [-0.1, -0.05) is 30.3 Å². The molecule has 0 bridgehead atoms. The number of carbonyl (C=O) groups is 1. The third kappa shape index (κ3) is 3.65. The van der Waals surface area contributed by atoms with Crippen LogP contribution in [0.15, 0.2) is 30.3 Å². The minimum Gasteiger partial charge on any atom is -0.330 e. The van der Waals surface area contributed by atoms with E-state index in [2.05, 4.69) is 17.0 Å². The second-order valence-electron chi connectivity index (χ2n) is 5.08. The Bertz CT molecular complexity index is 377. The topological polar surface area (TPSA) is 46.3 Å². The molecule has 2 rings (SSSR count). The van der Waals surface area contributed by atoms with E-state index in [0.717, 1.165) is 32.4 Å². The molecule has 1 fully saturated rings. The average molecular weight is 246 g/mol. The Labute approximate surface area is 109 Å². The molecule has 2 N–H and O–H groups in total. The van der Waals surface area contributed by atoms with E-state index in [9.17, 15) is 4.79 Å². The largest absolute Gasteiger partial charge is 0.330 e. The van der Waals surface area contributed by atoms with Gasteiger partial charge in [0.05, 0.1) is 6.54 Å². The zero-order valence-electron chi connectivity index (χ0n) is 10.8. The van der Waals surface area contributed by atoms with Crippen molar-refractivity contribution >= 4 is 5.78 Å². The number of hydrogen-bond acceptors (Lipinski definition) is 3. The Morgan fingerprint density at radius 2 is 2.06 bits per heavy atom. The predicted molar refractivity (Wildman–Crippen MR) is 73.1 cm³/mol. The Kier molecular flexibility index (Phi) is 4.90. The molecule has 0 saturated carbocycles. The van der Waals surface area contributed by atoms with Crippen molar-refractivity contribution in [1.29, 1.82) is 0 Å². The van der Waals surface area contributed by atoms with Crippen molar-refractivity contribution < 1.29 is 4.79 Å². The second kappa shape index (κ2) is 6.66. The van der Waals surface area contributed by atoms with Gasteiger partial charge in [-0.25, -0.2) is 0 Å². The summed E-state index contributed by atoms with van der Waals surface area (Å²) < 4.78 is 0. The highest BCUT2D eigenvalue weighted by Gasteiger charge is 2.23. The van der Waals surface area contributed by atoms with Crippen molar-refractivity contribution in [3.63, 3.8) is 0 Å². The molecule has 3 heteroatoms. The fourth-order valence-electron chi connectivity index (χ4n) is 2.63. The summed E-state index contributed by atoms with van der Waals surface area (Å²) in [5.41, 5.74) is 6.85. The number of benzene rings is 1. The minimum absolute atomic E-state index is 0.191. The van der Waals surface area contributed by atoms with Gasteiger partial charge in [0.25, 0.3) is 0 Å². The van der Waals surface area contributed by atoms with Crippen LogP contribution in [0.1, 0.15) is 24.8 Å². The molecule has 3 nitrogen and oxygen atoms in total. The van der Waals surface area contributed by atoms with Gasteiger partial charge in [0, 0.05) is 12.5 Å². The van der Waals surface area contributed by atoms with Crippen molar-refractivity contribution in [2.45, 2.75) is 25.8 Å². The van der Waals surface area contributed by atoms with Gasteiger partial charge < -0.3 is 5.73 Å². The van der Waals surface area contributed by atoms with Gasteiger partial charge in [-0.3, -0.25) is 9.69 Å². The first-order chi connectivity index (χ1) is 8.79. The Hall–Kier alpha value is -1.19. The number of ketones is 1. The lowest BCUT2D eigenvalue weighted by atomic mass is 9.96. The third-order valence-corrected chi connectivity index (χ3v) is 3.63. The molecule has 1 aliphatic rings. The summed E-state index contributed by atoms with van der Waals surface area (Å²) >= 11 is 0. The zero-order chi connectivity index (χ0) is 12.8. The number of nitrogens with zero attached hydrogens (tertiary/aromatic N) is 1. The molecule has 0 aliphatic carbocycles. The van der Waals surface area contributed by atoms with Crippen LogP contribution in [0.25, 0.3) is 0 Å². The molecule has 1 aromatic rings. The normalized spacial score (nSPS) is 21.8. The molecule has 1 unspecified atom stereocenters. The molecular formula is C15H22N2O. The van der Waals surface area contributed by atoms with E-state index < -0.39 is 0 Å². The Balaban J connectivity index is 1.93. The van der Waals surface area contributed by atoms with Gasteiger partial charge in [0.15, 0.2) is 0 Å². The summed E-state index contributed by atoms with van der Waals surface area (Å²) in [5, 5.41) is 0. The third-order valence-electron chi connectivity index (χ3n) is 3.63. The maximum atomic E-state index is 12.1. The van der Waals surface area contributed by atoms with Crippen LogP contribution in [-0.2, 0) is 11.3 Å². The van der Waals surface area contributed by atoms with Gasteiger partial charge in [0.2, 0.25) is 0 Å². The van der Waals surface area contributed by atoms with Gasteiger partial charge >= 0.3 is 0 Å². The SMILES string of the molecule is NCCC1CCCN(Cc2ccccc2)CC1=O. The standard InChI is InChI=1S/C15H22N2O/c16-9-8-14-7-4-10-17(12-15(14)18)11-13-5-2-1-3-6-13/h1-3,5-6,14H,4,7-12,16H2. The lowest BCUT2D eigenvalue weighted by Gasteiger charge is -2.19. The minimum atomic E-state index is 0.191. The number of nitrogens with two attached hydrogens (primary N) is 1. The van der Waals surface area contributed by atoms with Crippen molar-refractivity contribution in [2.24, 2.45) is 11.7 Å². The van der Waals surface area contributed by atoms with E-state index in [-0.39, 0.29) is 5.92 Å². The number of Topliss-reactive ketones (excluding diaryl/α,β-unsaturated/α-hetero) is 1. The Morgan fingerprint density at radius 1 is 1.28 bits per heavy atom. The van der Waals surface area contributed by atoms with Crippen molar-refractivity contribution in [1.82, 2.24) is 4.90 Å². The molecule has 0 radical (unpaired) electrons. The average Bonchev–Trinajstić information content (AvgIpc) is 2.54. The smallest absolute Gasteiger partial charge is 0.149 e. The number of likely N-dealkylation sites (tertiary alicyclic amines) is 1. The molecule has 0 aromatic heterocycles. The Morgan fingerprint density at radius 3 is 2.78 bits per heavy atom. The fourth-order valence-corrected chi connectivity index (χ4v) is 2.63.